The number of nitrogens with zero attached hydrogens (tertiary/aromatic N) is 2. The average Bonchev–Trinajstić information content (AvgIpc) is 3.40. The van der Waals surface area contributed by atoms with Gasteiger partial charge in [-0.2, -0.15) is 0 Å². The fourth-order valence-corrected chi connectivity index (χ4v) is 4.45. The van der Waals surface area contributed by atoms with E-state index in [1.807, 2.05) is 23.1 Å². The van der Waals surface area contributed by atoms with Gasteiger partial charge >= 0.3 is 12.1 Å². The predicted molar refractivity (Wildman–Crippen MR) is 92.9 cm³/mol. The van der Waals surface area contributed by atoms with Gasteiger partial charge in [-0.05, 0) is 37.3 Å². The van der Waals surface area contributed by atoms with Crippen LogP contribution in [0.5, 0.6) is 0 Å². The first-order chi connectivity index (χ1) is 12.5. The highest BCUT2D eigenvalue weighted by molar-refractivity contribution is 5.90. The van der Waals surface area contributed by atoms with Crippen molar-refractivity contribution < 1.29 is 24.6 Å². The molecule has 1 heterocycles. The van der Waals surface area contributed by atoms with E-state index in [0.29, 0.717) is 5.69 Å². The fourth-order valence-electron chi connectivity index (χ4n) is 4.45. The zero-order valence-electron chi connectivity index (χ0n) is 14.4. The molecule has 1 aliphatic heterocycles. The zero-order valence-corrected chi connectivity index (χ0v) is 14.4. The number of carbonyl (C=O) groups is 3. The Labute approximate surface area is 151 Å². The summed E-state index contributed by atoms with van der Waals surface area (Å²) in [5.74, 6) is -1.03. The summed E-state index contributed by atoms with van der Waals surface area (Å²) in [6, 6.07) is 7.28. The van der Waals surface area contributed by atoms with Gasteiger partial charge in [0.2, 0.25) is 5.91 Å². The lowest BCUT2D eigenvalue weighted by Crippen LogP contribution is -2.59. The first kappa shape index (κ1) is 16.9. The minimum Gasteiger partial charge on any atom is -0.481 e. The maximum absolute atomic E-state index is 12.9. The molecule has 1 unspecified atom stereocenters. The van der Waals surface area contributed by atoms with Gasteiger partial charge in [-0.25, -0.2) is 4.79 Å². The van der Waals surface area contributed by atoms with Gasteiger partial charge < -0.3 is 15.1 Å². The second-order valence-electron chi connectivity index (χ2n) is 7.39. The molecule has 2 N–H and O–H groups in total. The standard InChI is InChI=1S/C19H22N2O5/c22-16(9-10-17(23)24)20(11-5-6-11)18-12-3-1-2-4-14(12)21(19(25)26)15-8-7-13(15)18/h1-4,11,13,15,18H,5-10H2,(H,23,24)(H,25,26)/t13-,15+,18?/m1/s1. The van der Waals surface area contributed by atoms with Gasteiger partial charge in [0.05, 0.1) is 18.2 Å². The zero-order chi connectivity index (χ0) is 18.4. The first-order valence-electron chi connectivity index (χ1n) is 9.13. The summed E-state index contributed by atoms with van der Waals surface area (Å²) >= 11 is 0. The van der Waals surface area contributed by atoms with E-state index in [4.69, 9.17) is 5.11 Å². The third-order valence-electron chi connectivity index (χ3n) is 5.83. The average molecular weight is 358 g/mol. The van der Waals surface area contributed by atoms with Crippen molar-refractivity contribution in [1.82, 2.24) is 4.90 Å². The van der Waals surface area contributed by atoms with Crippen LogP contribution in [0, 0.1) is 5.92 Å². The van der Waals surface area contributed by atoms with E-state index >= 15 is 0 Å². The Kier molecular flexibility index (Phi) is 4.09. The van der Waals surface area contributed by atoms with Crippen LogP contribution in [0.25, 0.3) is 0 Å². The van der Waals surface area contributed by atoms with E-state index in [0.717, 1.165) is 31.2 Å². The number of rotatable bonds is 5. The van der Waals surface area contributed by atoms with Crippen molar-refractivity contribution in [2.45, 2.75) is 56.7 Å². The molecular weight excluding hydrogens is 336 g/mol. The van der Waals surface area contributed by atoms with E-state index in [1.165, 1.54) is 4.90 Å². The number of hydrogen-bond donors (Lipinski definition) is 2. The minimum atomic E-state index is -0.975. The van der Waals surface area contributed by atoms with Crippen LogP contribution >= 0.6 is 0 Å². The van der Waals surface area contributed by atoms with E-state index < -0.39 is 12.1 Å². The highest BCUT2D eigenvalue weighted by Gasteiger charge is 2.53. The monoisotopic (exact) mass is 358 g/mol. The van der Waals surface area contributed by atoms with Crippen LogP contribution in [0.2, 0.25) is 0 Å². The molecule has 2 amide bonds. The number of amides is 2. The van der Waals surface area contributed by atoms with Crippen LogP contribution in [-0.4, -0.2) is 45.2 Å². The number of hydrogen-bond acceptors (Lipinski definition) is 3. The number of para-hydroxylation sites is 1. The SMILES string of the molecule is O=C(O)CCC(=O)N(C1CC1)C1c2ccccc2N(C(=O)O)[C@H]2CC[C@@H]12. The van der Waals surface area contributed by atoms with Crippen molar-refractivity contribution in [2.75, 3.05) is 4.90 Å². The lowest BCUT2D eigenvalue weighted by atomic mass is 9.68. The number of benzene rings is 1. The highest BCUT2D eigenvalue weighted by atomic mass is 16.4. The molecule has 2 saturated carbocycles. The molecule has 1 aromatic carbocycles. The van der Waals surface area contributed by atoms with Crippen molar-refractivity contribution in [2.24, 2.45) is 5.92 Å². The lowest BCUT2D eigenvalue weighted by Gasteiger charge is -2.54. The van der Waals surface area contributed by atoms with Crippen LogP contribution in [0.1, 0.15) is 50.1 Å². The molecule has 0 saturated heterocycles. The Balaban J connectivity index is 1.72. The summed E-state index contributed by atoms with van der Waals surface area (Å²) in [5, 5.41) is 18.6. The van der Waals surface area contributed by atoms with E-state index in [9.17, 15) is 19.5 Å². The quantitative estimate of drug-likeness (QED) is 0.843. The molecule has 26 heavy (non-hydrogen) atoms. The van der Waals surface area contributed by atoms with Crippen molar-refractivity contribution in [3.63, 3.8) is 0 Å². The number of carbonyl (C=O) groups excluding carboxylic acids is 1. The second kappa shape index (κ2) is 6.30. The van der Waals surface area contributed by atoms with Crippen molar-refractivity contribution >= 4 is 23.7 Å². The topological polar surface area (TPSA) is 98.2 Å². The van der Waals surface area contributed by atoms with E-state index in [1.54, 1.807) is 6.07 Å². The van der Waals surface area contributed by atoms with Crippen LogP contribution in [0.3, 0.4) is 0 Å². The third kappa shape index (κ3) is 2.71. The highest BCUT2D eigenvalue weighted by Crippen LogP contribution is 2.54. The molecule has 138 valence electrons. The Morgan fingerprint density at radius 3 is 2.35 bits per heavy atom. The maximum Gasteiger partial charge on any atom is 0.412 e. The molecule has 0 aromatic heterocycles. The van der Waals surface area contributed by atoms with Crippen molar-refractivity contribution in [3.8, 4) is 0 Å². The molecule has 3 atom stereocenters. The Bertz CT molecular complexity index is 760. The second-order valence-corrected chi connectivity index (χ2v) is 7.39. The Hall–Kier alpha value is -2.57. The largest absolute Gasteiger partial charge is 0.481 e. The molecule has 2 fully saturated rings. The summed E-state index contributed by atoms with van der Waals surface area (Å²) in [4.78, 5) is 38.9. The van der Waals surface area contributed by atoms with Gasteiger partial charge in [0.15, 0.2) is 0 Å². The number of anilines is 1. The van der Waals surface area contributed by atoms with Crippen LogP contribution in [0.4, 0.5) is 10.5 Å². The molecule has 4 rings (SSSR count). The summed E-state index contributed by atoms with van der Waals surface area (Å²) in [6.07, 6.45) is 2.39. The van der Waals surface area contributed by atoms with Gasteiger partial charge in [-0.15, -0.1) is 0 Å². The van der Waals surface area contributed by atoms with Crippen LogP contribution < -0.4 is 4.90 Å². The van der Waals surface area contributed by atoms with Gasteiger partial charge in [0.1, 0.15) is 0 Å². The van der Waals surface area contributed by atoms with E-state index in [2.05, 4.69) is 0 Å². The predicted octanol–water partition coefficient (Wildman–Crippen LogP) is 2.86. The lowest BCUT2D eigenvalue weighted by molar-refractivity contribution is -0.143. The molecule has 7 heteroatoms. The molecule has 7 nitrogen and oxygen atoms in total. The van der Waals surface area contributed by atoms with Crippen LogP contribution in [-0.2, 0) is 9.59 Å². The molecule has 3 aliphatic rings. The summed E-state index contributed by atoms with van der Waals surface area (Å²) in [6.45, 7) is 0. The summed E-state index contributed by atoms with van der Waals surface area (Å²) in [7, 11) is 0. The number of carboxylic acid groups (broad SMARTS) is 2. The van der Waals surface area contributed by atoms with Gasteiger partial charge in [-0.3, -0.25) is 14.5 Å². The molecule has 0 bridgehead atoms. The third-order valence-corrected chi connectivity index (χ3v) is 5.83. The molecule has 0 radical (unpaired) electrons. The smallest absolute Gasteiger partial charge is 0.412 e. The normalized spacial score (nSPS) is 26.3. The Morgan fingerprint density at radius 2 is 1.77 bits per heavy atom. The Morgan fingerprint density at radius 1 is 1.04 bits per heavy atom. The maximum atomic E-state index is 12.9. The summed E-state index contributed by atoms with van der Waals surface area (Å²) in [5.41, 5.74) is 1.52. The molecule has 0 spiro atoms. The summed E-state index contributed by atoms with van der Waals surface area (Å²) < 4.78 is 0. The van der Waals surface area contributed by atoms with Crippen molar-refractivity contribution in [3.05, 3.63) is 29.8 Å². The molecule has 2 aliphatic carbocycles. The number of carboxylic acids is 1. The van der Waals surface area contributed by atoms with Gasteiger partial charge in [0, 0.05) is 24.4 Å². The van der Waals surface area contributed by atoms with Gasteiger partial charge in [-0.1, -0.05) is 18.2 Å². The van der Waals surface area contributed by atoms with Gasteiger partial charge in [0.25, 0.3) is 0 Å². The number of fused-ring (bicyclic) bond motifs is 2. The fraction of sp³-hybridized carbons (Fsp3) is 0.526. The molecular formula is C19H22N2O5. The minimum absolute atomic E-state index is 0.00939. The first-order valence-corrected chi connectivity index (χ1v) is 9.13. The molecule has 1 aromatic rings. The van der Waals surface area contributed by atoms with Crippen LogP contribution in [0.15, 0.2) is 24.3 Å². The van der Waals surface area contributed by atoms with E-state index in [-0.39, 0.29) is 42.8 Å². The number of aliphatic carboxylic acids is 1. The van der Waals surface area contributed by atoms with Crippen molar-refractivity contribution in [1.29, 1.82) is 0 Å².